The van der Waals surface area contributed by atoms with Crippen molar-refractivity contribution in [1.29, 1.82) is 0 Å². The Hall–Kier alpha value is -1.85. The van der Waals surface area contributed by atoms with E-state index < -0.39 is 11.9 Å². The lowest BCUT2D eigenvalue weighted by molar-refractivity contribution is 0.162. The average Bonchev–Trinajstić information content (AvgIpc) is 2.87. The molecule has 5 heteroatoms. The Bertz CT molecular complexity index is 553. The number of hydrogen-bond acceptors (Lipinski definition) is 4. The van der Waals surface area contributed by atoms with Crippen LogP contribution in [-0.4, -0.2) is 14.2 Å². The molecule has 0 amide bonds. The zero-order chi connectivity index (χ0) is 13.8. The van der Waals surface area contributed by atoms with Crippen LogP contribution in [0.2, 0.25) is 0 Å². The first kappa shape index (κ1) is 13.6. The van der Waals surface area contributed by atoms with Crippen molar-refractivity contribution in [3.05, 3.63) is 53.2 Å². The highest BCUT2D eigenvalue weighted by atomic mass is 19.1. The van der Waals surface area contributed by atoms with Crippen molar-refractivity contribution in [2.45, 2.75) is 12.6 Å². The highest BCUT2D eigenvalue weighted by molar-refractivity contribution is 5.34. The molecule has 0 radical (unpaired) electrons. The van der Waals surface area contributed by atoms with Crippen LogP contribution in [0.15, 0.2) is 34.7 Å². The van der Waals surface area contributed by atoms with Crippen molar-refractivity contribution in [2.75, 3.05) is 14.2 Å². The van der Waals surface area contributed by atoms with Crippen molar-refractivity contribution in [3.8, 4) is 5.75 Å². The van der Waals surface area contributed by atoms with Crippen LogP contribution < -0.4 is 10.5 Å². The van der Waals surface area contributed by atoms with Gasteiger partial charge in [0.1, 0.15) is 18.1 Å². The van der Waals surface area contributed by atoms with Gasteiger partial charge in [-0.1, -0.05) is 6.07 Å². The summed E-state index contributed by atoms with van der Waals surface area (Å²) in [5, 5.41) is 0. The summed E-state index contributed by atoms with van der Waals surface area (Å²) in [7, 11) is 3.00. The van der Waals surface area contributed by atoms with Gasteiger partial charge in [-0.2, -0.15) is 0 Å². The number of methoxy groups -OCH3 is 2. The number of halogens is 1. The molecule has 0 spiro atoms. The molecule has 2 aromatic rings. The van der Waals surface area contributed by atoms with Crippen molar-refractivity contribution in [1.82, 2.24) is 0 Å². The highest BCUT2D eigenvalue weighted by Crippen LogP contribution is 2.26. The number of furan rings is 1. The van der Waals surface area contributed by atoms with E-state index in [1.165, 1.54) is 13.2 Å². The van der Waals surface area contributed by atoms with Crippen LogP contribution in [0.1, 0.15) is 23.1 Å². The fraction of sp³-hybridized carbons (Fsp3) is 0.286. The van der Waals surface area contributed by atoms with Gasteiger partial charge in [-0.25, -0.2) is 4.39 Å². The van der Waals surface area contributed by atoms with Gasteiger partial charge in [0.2, 0.25) is 0 Å². The Labute approximate surface area is 110 Å². The molecule has 0 bridgehead atoms. The van der Waals surface area contributed by atoms with Gasteiger partial charge in [0.25, 0.3) is 0 Å². The van der Waals surface area contributed by atoms with Crippen molar-refractivity contribution in [3.63, 3.8) is 0 Å². The molecule has 102 valence electrons. The molecular formula is C14H16FNO3. The van der Waals surface area contributed by atoms with Crippen LogP contribution in [0.25, 0.3) is 0 Å². The number of benzene rings is 1. The van der Waals surface area contributed by atoms with E-state index in [1.807, 2.05) is 0 Å². The molecule has 1 atom stereocenters. The first-order chi connectivity index (χ1) is 9.15. The van der Waals surface area contributed by atoms with E-state index in [-0.39, 0.29) is 5.75 Å². The lowest BCUT2D eigenvalue weighted by Gasteiger charge is -2.11. The second-order valence-corrected chi connectivity index (χ2v) is 4.11. The van der Waals surface area contributed by atoms with Crippen molar-refractivity contribution in [2.24, 2.45) is 5.73 Å². The summed E-state index contributed by atoms with van der Waals surface area (Å²) in [4.78, 5) is 0. The second kappa shape index (κ2) is 5.86. The fourth-order valence-corrected chi connectivity index (χ4v) is 1.82. The molecule has 0 aliphatic heterocycles. The molecule has 2 N–H and O–H groups in total. The quantitative estimate of drug-likeness (QED) is 0.902. The van der Waals surface area contributed by atoms with Crippen LogP contribution in [0.4, 0.5) is 4.39 Å². The van der Waals surface area contributed by atoms with Gasteiger partial charge in [-0.15, -0.1) is 0 Å². The van der Waals surface area contributed by atoms with Gasteiger partial charge in [0.05, 0.1) is 13.2 Å². The van der Waals surface area contributed by atoms with E-state index in [0.717, 1.165) is 0 Å². The van der Waals surface area contributed by atoms with E-state index in [4.69, 9.17) is 19.6 Å². The molecule has 19 heavy (non-hydrogen) atoms. The van der Waals surface area contributed by atoms with Gasteiger partial charge in [-0.3, -0.25) is 0 Å². The van der Waals surface area contributed by atoms with Crippen LogP contribution in [-0.2, 0) is 11.3 Å². The molecule has 1 aromatic heterocycles. The van der Waals surface area contributed by atoms with Crippen LogP contribution in [0, 0.1) is 5.82 Å². The molecule has 0 aliphatic rings. The normalized spacial score (nSPS) is 12.4. The Morgan fingerprint density at radius 1 is 1.26 bits per heavy atom. The minimum absolute atomic E-state index is 0.190. The Morgan fingerprint density at radius 2 is 2.05 bits per heavy atom. The van der Waals surface area contributed by atoms with Crippen LogP contribution in [0.5, 0.6) is 5.75 Å². The van der Waals surface area contributed by atoms with E-state index in [0.29, 0.717) is 23.7 Å². The van der Waals surface area contributed by atoms with Gasteiger partial charge >= 0.3 is 0 Å². The number of ether oxygens (including phenoxy) is 2. The minimum atomic E-state index is -0.522. The summed E-state index contributed by atoms with van der Waals surface area (Å²) in [5.41, 5.74) is 6.67. The third-order valence-electron chi connectivity index (χ3n) is 2.81. The molecule has 0 fully saturated rings. The maximum absolute atomic E-state index is 13.6. The third kappa shape index (κ3) is 2.94. The van der Waals surface area contributed by atoms with Gasteiger partial charge in [0, 0.05) is 7.11 Å². The van der Waals surface area contributed by atoms with E-state index in [2.05, 4.69) is 0 Å². The standard InChI is InChI=1S/C14H16FNO3/c1-17-8-10-4-6-13(19-10)14(16)9-3-5-12(18-2)11(15)7-9/h3-7,14H,8,16H2,1-2H3. The van der Waals surface area contributed by atoms with Crippen LogP contribution >= 0.6 is 0 Å². The lowest BCUT2D eigenvalue weighted by Crippen LogP contribution is -2.11. The summed E-state index contributed by atoms with van der Waals surface area (Å²) >= 11 is 0. The maximum atomic E-state index is 13.6. The molecule has 2 rings (SSSR count). The molecule has 0 aliphatic carbocycles. The molecule has 0 saturated heterocycles. The van der Waals surface area contributed by atoms with E-state index >= 15 is 0 Å². The van der Waals surface area contributed by atoms with Gasteiger partial charge in [-0.05, 0) is 29.8 Å². The predicted octanol–water partition coefficient (Wildman–Crippen LogP) is 2.62. The first-order valence-corrected chi connectivity index (χ1v) is 5.82. The lowest BCUT2D eigenvalue weighted by atomic mass is 10.1. The number of hydrogen-bond donors (Lipinski definition) is 1. The zero-order valence-corrected chi connectivity index (χ0v) is 10.9. The summed E-state index contributed by atoms with van der Waals surface area (Å²) in [6.07, 6.45) is 0. The van der Waals surface area contributed by atoms with Crippen molar-refractivity contribution < 1.29 is 18.3 Å². The molecule has 1 unspecified atom stereocenters. The third-order valence-corrected chi connectivity index (χ3v) is 2.81. The topological polar surface area (TPSA) is 57.6 Å². The number of nitrogens with two attached hydrogens (primary N) is 1. The summed E-state index contributed by atoms with van der Waals surface area (Å²) < 4.78 is 29.0. The molecular weight excluding hydrogens is 249 g/mol. The molecule has 0 saturated carbocycles. The predicted molar refractivity (Wildman–Crippen MR) is 68.4 cm³/mol. The largest absolute Gasteiger partial charge is 0.494 e. The van der Waals surface area contributed by atoms with E-state index in [9.17, 15) is 4.39 Å². The van der Waals surface area contributed by atoms with Crippen molar-refractivity contribution >= 4 is 0 Å². The second-order valence-electron chi connectivity index (χ2n) is 4.11. The molecule has 1 aromatic carbocycles. The SMILES string of the molecule is COCc1ccc(C(N)c2ccc(OC)c(F)c2)o1. The first-order valence-electron chi connectivity index (χ1n) is 5.82. The number of rotatable bonds is 5. The smallest absolute Gasteiger partial charge is 0.165 e. The average molecular weight is 265 g/mol. The summed E-state index contributed by atoms with van der Waals surface area (Å²) in [6, 6.07) is 7.64. The Morgan fingerprint density at radius 3 is 2.68 bits per heavy atom. The summed E-state index contributed by atoms with van der Waals surface area (Å²) in [5.74, 6) is 0.994. The maximum Gasteiger partial charge on any atom is 0.165 e. The monoisotopic (exact) mass is 265 g/mol. The molecule has 1 heterocycles. The molecule has 4 nitrogen and oxygen atoms in total. The zero-order valence-electron chi connectivity index (χ0n) is 10.9. The van der Waals surface area contributed by atoms with Gasteiger partial charge in [0.15, 0.2) is 11.6 Å². The van der Waals surface area contributed by atoms with Gasteiger partial charge < -0.3 is 19.6 Å². The van der Waals surface area contributed by atoms with Crippen LogP contribution in [0.3, 0.4) is 0 Å². The fourth-order valence-electron chi connectivity index (χ4n) is 1.82. The minimum Gasteiger partial charge on any atom is -0.494 e. The Balaban J connectivity index is 2.22. The van der Waals surface area contributed by atoms with E-state index in [1.54, 1.807) is 31.4 Å². The highest BCUT2D eigenvalue weighted by Gasteiger charge is 2.15. The summed E-state index contributed by atoms with van der Waals surface area (Å²) in [6.45, 7) is 0.379. The Kier molecular flexibility index (Phi) is 4.19.